The van der Waals surface area contributed by atoms with Gasteiger partial charge >= 0.3 is 12.3 Å². The molecule has 0 bridgehead atoms. The Bertz CT molecular complexity index is 143. The lowest BCUT2D eigenvalue weighted by atomic mass is 10.2. The van der Waals surface area contributed by atoms with Crippen LogP contribution in [0, 0.1) is 0 Å². The van der Waals surface area contributed by atoms with Crippen molar-refractivity contribution >= 4 is 12.3 Å². The molecule has 1 heterocycles. The number of piperidine rings is 1. The van der Waals surface area contributed by atoms with Crippen LogP contribution in [0.25, 0.3) is 0 Å². The zero-order valence-corrected chi connectivity index (χ0v) is 7.15. The van der Waals surface area contributed by atoms with Crippen molar-refractivity contribution in [2.24, 2.45) is 0 Å². The van der Waals surface area contributed by atoms with Gasteiger partial charge < -0.3 is 20.3 Å². The van der Waals surface area contributed by atoms with Crippen molar-refractivity contribution in [3.63, 3.8) is 0 Å². The molecular weight excluding hydrogens is 178 g/mol. The number of ether oxygens (including phenoxy) is 1. The largest absolute Gasteiger partial charge is 0.516 e. The Morgan fingerprint density at radius 1 is 1.00 bits per heavy atom. The fraction of sp³-hybridized carbons (Fsp3) is 0.714. The maximum absolute atomic E-state index is 9.21. The van der Waals surface area contributed by atoms with Crippen LogP contribution in [-0.4, -0.2) is 35.6 Å². The Morgan fingerprint density at radius 3 is 1.54 bits per heavy atom. The van der Waals surface area contributed by atoms with Crippen LogP contribution >= 0.6 is 0 Å². The highest BCUT2D eigenvalue weighted by molar-refractivity contribution is 5.74. The van der Waals surface area contributed by atoms with E-state index in [9.17, 15) is 9.59 Å². The summed E-state index contributed by atoms with van der Waals surface area (Å²) < 4.78 is 3.08. The molecule has 1 aliphatic heterocycles. The van der Waals surface area contributed by atoms with Crippen molar-refractivity contribution in [2.45, 2.75) is 19.3 Å². The Morgan fingerprint density at radius 2 is 1.46 bits per heavy atom. The van der Waals surface area contributed by atoms with Gasteiger partial charge in [0.1, 0.15) is 0 Å². The van der Waals surface area contributed by atoms with Crippen LogP contribution in [0.3, 0.4) is 0 Å². The molecule has 0 spiro atoms. The lowest BCUT2D eigenvalue weighted by molar-refractivity contribution is 0.0802. The van der Waals surface area contributed by atoms with Crippen LogP contribution in [0.2, 0.25) is 0 Å². The molecular formula is C7H13NO5. The number of hydrogen-bond donors (Lipinski definition) is 3. The summed E-state index contributed by atoms with van der Waals surface area (Å²) in [6.45, 7) is 2.50. The summed E-state index contributed by atoms with van der Waals surface area (Å²) in [5.74, 6) is 0. The molecule has 3 N–H and O–H groups in total. The molecule has 1 rings (SSSR count). The maximum Gasteiger partial charge on any atom is 0.516 e. The van der Waals surface area contributed by atoms with Crippen LogP contribution in [0.5, 0.6) is 0 Å². The topological polar surface area (TPSA) is 95.9 Å². The molecule has 6 heteroatoms. The van der Waals surface area contributed by atoms with Gasteiger partial charge in [-0.25, -0.2) is 9.59 Å². The molecule has 0 unspecified atom stereocenters. The SMILES string of the molecule is C1CCNCC1.O=C(O)OC(=O)O. The third-order valence-electron chi connectivity index (χ3n) is 1.38. The van der Waals surface area contributed by atoms with Crippen molar-refractivity contribution in [1.82, 2.24) is 5.32 Å². The van der Waals surface area contributed by atoms with Crippen LogP contribution in [0.4, 0.5) is 9.59 Å². The normalized spacial score (nSPS) is 15.1. The third kappa shape index (κ3) is 10.7. The van der Waals surface area contributed by atoms with Gasteiger partial charge in [-0.1, -0.05) is 6.42 Å². The molecule has 0 aromatic heterocycles. The van der Waals surface area contributed by atoms with E-state index in [1.54, 1.807) is 0 Å². The van der Waals surface area contributed by atoms with Crippen LogP contribution in [-0.2, 0) is 4.74 Å². The van der Waals surface area contributed by atoms with E-state index in [1.807, 2.05) is 0 Å². The van der Waals surface area contributed by atoms with E-state index in [-0.39, 0.29) is 0 Å². The number of hydrogen-bond acceptors (Lipinski definition) is 4. The monoisotopic (exact) mass is 191 g/mol. The highest BCUT2D eigenvalue weighted by atomic mass is 16.7. The predicted molar refractivity (Wildman–Crippen MR) is 43.9 cm³/mol. The molecule has 1 fully saturated rings. The molecule has 0 aliphatic carbocycles. The number of carboxylic acid groups (broad SMARTS) is 2. The minimum atomic E-state index is -1.81. The summed E-state index contributed by atoms with van der Waals surface area (Å²) in [5.41, 5.74) is 0. The highest BCUT2D eigenvalue weighted by Crippen LogP contribution is 1.96. The molecule has 0 radical (unpaired) electrons. The van der Waals surface area contributed by atoms with Crippen LogP contribution in [0.1, 0.15) is 19.3 Å². The van der Waals surface area contributed by atoms with Crippen molar-refractivity contribution in [3.8, 4) is 0 Å². The van der Waals surface area contributed by atoms with Gasteiger partial charge in [0.05, 0.1) is 0 Å². The van der Waals surface area contributed by atoms with Crippen molar-refractivity contribution in [3.05, 3.63) is 0 Å². The minimum absolute atomic E-state index is 1.25. The zero-order chi connectivity index (χ0) is 10.1. The van der Waals surface area contributed by atoms with Gasteiger partial charge in [-0.2, -0.15) is 0 Å². The Balaban J connectivity index is 0.000000223. The second-order valence-corrected chi connectivity index (χ2v) is 2.44. The molecule has 1 saturated heterocycles. The molecule has 0 aromatic rings. The van der Waals surface area contributed by atoms with Gasteiger partial charge in [0.15, 0.2) is 0 Å². The quantitative estimate of drug-likeness (QED) is 0.392. The first kappa shape index (κ1) is 11.7. The van der Waals surface area contributed by atoms with Gasteiger partial charge in [0.2, 0.25) is 0 Å². The van der Waals surface area contributed by atoms with E-state index >= 15 is 0 Å². The predicted octanol–water partition coefficient (Wildman–Crippen LogP) is 1.12. The zero-order valence-electron chi connectivity index (χ0n) is 7.15. The number of nitrogens with one attached hydrogen (secondary N) is 1. The highest BCUT2D eigenvalue weighted by Gasteiger charge is 2.01. The van der Waals surface area contributed by atoms with Crippen LogP contribution < -0.4 is 5.32 Å². The summed E-state index contributed by atoms with van der Waals surface area (Å²) in [4.78, 5) is 18.4. The number of carbonyl (C=O) groups is 2. The third-order valence-corrected chi connectivity index (χ3v) is 1.38. The molecule has 0 amide bonds. The van der Waals surface area contributed by atoms with Crippen molar-refractivity contribution < 1.29 is 24.5 Å². The van der Waals surface area contributed by atoms with Crippen LogP contribution in [0.15, 0.2) is 0 Å². The van der Waals surface area contributed by atoms with Gasteiger partial charge in [-0.15, -0.1) is 0 Å². The molecule has 6 nitrogen and oxygen atoms in total. The standard InChI is InChI=1S/C5H11N.C2H2O5/c1-2-4-6-5-3-1;3-1(4)7-2(5)6/h6H,1-5H2;(H,3,4)(H,5,6). The second kappa shape index (κ2) is 7.35. The second-order valence-electron chi connectivity index (χ2n) is 2.44. The van der Waals surface area contributed by atoms with Crippen molar-refractivity contribution in [2.75, 3.05) is 13.1 Å². The van der Waals surface area contributed by atoms with Gasteiger partial charge in [-0.05, 0) is 25.9 Å². The molecule has 0 saturated carbocycles. The molecule has 1 aliphatic rings. The first-order valence-electron chi connectivity index (χ1n) is 3.97. The van der Waals surface area contributed by atoms with E-state index in [0.717, 1.165) is 0 Å². The summed E-state index contributed by atoms with van der Waals surface area (Å²) in [6.07, 6.45) is 0.590. The molecule has 0 atom stereocenters. The summed E-state index contributed by atoms with van der Waals surface area (Å²) >= 11 is 0. The van der Waals surface area contributed by atoms with E-state index in [1.165, 1.54) is 32.4 Å². The Hall–Kier alpha value is -1.30. The average molecular weight is 191 g/mol. The summed E-state index contributed by atoms with van der Waals surface area (Å²) in [5, 5.41) is 18.2. The lowest BCUT2D eigenvalue weighted by Crippen LogP contribution is -2.21. The molecule has 0 aromatic carbocycles. The van der Waals surface area contributed by atoms with E-state index in [4.69, 9.17) is 10.2 Å². The summed E-state index contributed by atoms with van der Waals surface area (Å²) in [7, 11) is 0. The minimum Gasteiger partial charge on any atom is -0.449 e. The molecule has 13 heavy (non-hydrogen) atoms. The Kier molecular flexibility index (Phi) is 6.62. The van der Waals surface area contributed by atoms with E-state index in [2.05, 4.69) is 10.1 Å². The van der Waals surface area contributed by atoms with Crippen molar-refractivity contribution in [1.29, 1.82) is 0 Å². The van der Waals surface area contributed by atoms with E-state index < -0.39 is 12.3 Å². The lowest BCUT2D eigenvalue weighted by Gasteiger charge is -2.08. The average Bonchev–Trinajstić information content (AvgIpc) is 2.06. The van der Waals surface area contributed by atoms with E-state index in [0.29, 0.717) is 0 Å². The smallest absolute Gasteiger partial charge is 0.449 e. The fourth-order valence-corrected chi connectivity index (χ4v) is 0.876. The molecule has 76 valence electrons. The number of rotatable bonds is 0. The fourth-order valence-electron chi connectivity index (χ4n) is 0.876. The summed E-state index contributed by atoms with van der Waals surface area (Å²) in [6, 6.07) is 0. The Labute approximate surface area is 75.5 Å². The van der Waals surface area contributed by atoms with Gasteiger partial charge in [-0.3, -0.25) is 0 Å². The first-order valence-corrected chi connectivity index (χ1v) is 3.97. The van der Waals surface area contributed by atoms with Gasteiger partial charge in [0.25, 0.3) is 0 Å². The van der Waals surface area contributed by atoms with Gasteiger partial charge in [0, 0.05) is 0 Å². The maximum atomic E-state index is 9.21. The first-order chi connectivity index (χ1) is 6.13.